The van der Waals surface area contributed by atoms with Gasteiger partial charge in [-0.25, -0.2) is 0 Å². The van der Waals surface area contributed by atoms with E-state index < -0.39 is 11.9 Å². The van der Waals surface area contributed by atoms with E-state index in [0.717, 1.165) is 15.7 Å². The molecular formula is C12H12BrNO3. The lowest BCUT2D eigenvalue weighted by Gasteiger charge is -2.18. The van der Waals surface area contributed by atoms with Crippen LogP contribution in [0.1, 0.15) is 12.0 Å². The van der Waals surface area contributed by atoms with Gasteiger partial charge in [0.1, 0.15) is 5.92 Å². The molecule has 1 unspecified atom stereocenters. The first kappa shape index (κ1) is 12.1. The summed E-state index contributed by atoms with van der Waals surface area (Å²) in [6, 6.07) is 5.65. The van der Waals surface area contributed by atoms with Crippen LogP contribution in [-0.2, 0) is 9.59 Å². The summed E-state index contributed by atoms with van der Waals surface area (Å²) in [6.45, 7) is 2.41. The lowest BCUT2D eigenvalue weighted by atomic mass is 10.1. The molecule has 17 heavy (non-hydrogen) atoms. The highest BCUT2D eigenvalue weighted by Gasteiger charge is 2.38. The quantitative estimate of drug-likeness (QED) is 0.852. The van der Waals surface area contributed by atoms with Crippen LogP contribution >= 0.6 is 15.9 Å². The van der Waals surface area contributed by atoms with Crippen molar-refractivity contribution in [3.63, 3.8) is 0 Å². The van der Waals surface area contributed by atoms with Gasteiger partial charge in [0.05, 0.1) is 5.69 Å². The Labute approximate surface area is 107 Å². The van der Waals surface area contributed by atoms with Crippen LogP contribution < -0.4 is 4.90 Å². The number of halogens is 1. The first-order valence-corrected chi connectivity index (χ1v) is 6.10. The Morgan fingerprint density at radius 3 is 2.76 bits per heavy atom. The maximum Gasteiger partial charge on any atom is 0.316 e. The van der Waals surface area contributed by atoms with Crippen LogP contribution in [0.4, 0.5) is 5.69 Å². The molecule has 1 aliphatic heterocycles. The molecule has 1 saturated heterocycles. The minimum absolute atomic E-state index is 0.331. The van der Waals surface area contributed by atoms with Crippen LogP contribution in [0.5, 0.6) is 0 Å². The lowest BCUT2D eigenvalue weighted by molar-refractivity contribution is -0.144. The van der Waals surface area contributed by atoms with Crippen molar-refractivity contribution in [2.75, 3.05) is 11.4 Å². The largest absolute Gasteiger partial charge is 0.481 e. The molecule has 0 aliphatic carbocycles. The highest BCUT2D eigenvalue weighted by molar-refractivity contribution is 9.10. The van der Waals surface area contributed by atoms with E-state index in [1.165, 1.54) is 4.90 Å². The second-order valence-electron chi connectivity index (χ2n) is 4.12. The Balaban J connectivity index is 2.30. The summed E-state index contributed by atoms with van der Waals surface area (Å²) in [5.41, 5.74) is 1.83. The summed E-state index contributed by atoms with van der Waals surface area (Å²) in [7, 11) is 0. The fraction of sp³-hybridized carbons (Fsp3) is 0.333. The topological polar surface area (TPSA) is 57.6 Å². The predicted octanol–water partition coefficient (Wildman–Crippen LogP) is 2.20. The Hall–Kier alpha value is -1.36. The van der Waals surface area contributed by atoms with Gasteiger partial charge in [-0.3, -0.25) is 9.59 Å². The van der Waals surface area contributed by atoms with E-state index in [4.69, 9.17) is 5.11 Å². The normalized spacial score (nSPS) is 19.8. The maximum atomic E-state index is 11.9. The Bertz CT molecular complexity index is 487. The van der Waals surface area contributed by atoms with Gasteiger partial charge in [-0.1, -0.05) is 6.07 Å². The van der Waals surface area contributed by atoms with E-state index in [0.29, 0.717) is 13.0 Å². The van der Waals surface area contributed by atoms with Gasteiger partial charge in [0, 0.05) is 11.0 Å². The van der Waals surface area contributed by atoms with Gasteiger partial charge < -0.3 is 10.0 Å². The molecule has 1 atom stereocenters. The number of rotatable bonds is 2. The van der Waals surface area contributed by atoms with Gasteiger partial charge in [0.15, 0.2) is 0 Å². The molecule has 1 amide bonds. The minimum Gasteiger partial charge on any atom is -0.481 e. The Morgan fingerprint density at radius 1 is 1.53 bits per heavy atom. The van der Waals surface area contributed by atoms with Gasteiger partial charge in [-0.05, 0) is 47.0 Å². The first-order chi connectivity index (χ1) is 8.00. The predicted molar refractivity (Wildman–Crippen MR) is 67.0 cm³/mol. The van der Waals surface area contributed by atoms with E-state index in [9.17, 15) is 9.59 Å². The first-order valence-electron chi connectivity index (χ1n) is 5.31. The van der Waals surface area contributed by atoms with Crippen molar-refractivity contribution in [1.82, 2.24) is 0 Å². The molecule has 0 aromatic heterocycles. The number of carboxylic acid groups (broad SMARTS) is 1. The minimum atomic E-state index is -1.04. The molecule has 0 spiro atoms. The van der Waals surface area contributed by atoms with Crippen molar-refractivity contribution in [2.24, 2.45) is 5.92 Å². The smallest absolute Gasteiger partial charge is 0.316 e. The molecule has 0 saturated carbocycles. The third-order valence-corrected chi connectivity index (χ3v) is 3.53. The number of carbonyl (C=O) groups excluding carboxylic acids is 1. The van der Waals surface area contributed by atoms with Gasteiger partial charge in [-0.2, -0.15) is 0 Å². The third kappa shape index (κ3) is 2.20. The van der Waals surface area contributed by atoms with E-state index in [-0.39, 0.29) is 5.91 Å². The SMILES string of the molecule is Cc1ccc(N2CCC(C(=O)O)C2=O)c(Br)c1. The lowest BCUT2D eigenvalue weighted by Crippen LogP contribution is -2.30. The Morgan fingerprint density at radius 2 is 2.24 bits per heavy atom. The van der Waals surface area contributed by atoms with Crippen molar-refractivity contribution in [3.8, 4) is 0 Å². The summed E-state index contributed by atoms with van der Waals surface area (Å²) in [5, 5.41) is 8.90. The zero-order chi connectivity index (χ0) is 12.6. The number of aryl methyl sites for hydroxylation is 1. The average Bonchev–Trinajstić information content (AvgIpc) is 2.60. The van der Waals surface area contributed by atoms with E-state index in [1.807, 2.05) is 25.1 Å². The standard InChI is InChI=1S/C12H12BrNO3/c1-7-2-3-10(9(13)6-7)14-5-4-8(11(14)15)12(16)17/h2-3,6,8H,4-5H2,1H3,(H,16,17). The van der Waals surface area contributed by atoms with E-state index in [2.05, 4.69) is 15.9 Å². The van der Waals surface area contributed by atoms with Gasteiger partial charge in [0.25, 0.3) is 0 Å². The van der Waals surface area contributed by atoms with Crippen molar-refractivity contribution in [2.45, 2.75) is 13.3 Å². The number of hydrogen-bond donors (Lipinski definition) is 1. The van der Waals surface area contributed by atoms with Gasteiger partial charge in [-0.15, -0.1) is 0 Å². The molecule has 0 bridgehead atoms. The summed E-state index contributed by atoms with van der Waals surface area (Å²) < 4.78 is 0.817. The molecule has 4 nitrogen and oxygen atoms in total. The number of anilines is 1. The van der Waals surface area contributed by atoms with Crippen molar-refractivity contribution < 1.29 is 14.7 Å². The second-order valence-corrected chi connectivity index (χ2v) is 4.98. The third-order valence-electron chi connectivity index (χ3n) is 2.90. The molecular weight excluding hydrogens is 286 g/mol. The molecule has 1 fully saturated rings. The number of amides is 1. The fourth-order valence-electron chi connectivity index (χ4n) is 1.98. The van der Waals surface area contributed by atoms with Crippen LogP contribution in [0.3, 0.4) is 0 Å². The van der Waals surface area contributed by atoms with Crippen molar-refractivity contribution in [1.29, 1.82) is 0 Å². The fourth-order valence-corrected chi connectivity index (χ4v) is 2.69. The average molecular weight is 298 g/mol. The van der Waals surface area contributed by atoms with Gasteiger partial charge >= 0.3 is 5.97 Å². The zero-order valence-electron chi connectivity index (χ0n) is 9.31. The number of carboxylic acids is 1. The summed E-state index contributed by atoms with van der Waals surface area (Å²) in [5.74, 6) is -2.27. The van der Waals surface area contributed by atoms with Crippen molar-refractivity contribution >= 4 is 33.5 Å². The summed E-state index contributed by atoms with van der Waals surface area (Å²) in [4.78, 5) is 24.3. The van der Waals surface area contributed by atoms with E-state index in [1.54, 1.807) is 0 Å². The van der Waals surface area contributed by atoms with Crippen LogP contribution in [-0.4, -0.2) is 23.5 Å². The zero-order valence-corrected chi connectivity index (χ0v) is 10.9. The molecule has 2 rings (SSSR count). The molecule has 1 N–H and O–H groups in total. The van der Waals surface area contributed by atoms with Crippen LogP contribution in [0, 0.1) is 12.8 Å². The number of aliphatic carboxylic acids is 1. The number of carbonyl (C=O) groups is 2. The van der Waals surface area contributed by atoms with Crippen LogP contribution in [0.25, 0.3) is 0 Å². The molecule has 5 heteroatoms. The molecule has 1 aliphatic rings. The Kier molecular flexibility index (Phi) is 3.19. The molecule has 0 radical (unpaired) electrons. The number of hydrogen-bond acceptors (Lipinski definition) is 2. The van der Waals surface area contributed by atoms with Crippen molar-refractivity contribution in [3.05, 3.63) is 28.2 Å². The molecule has 1 aromatic rings. The number of benzene rings is 1. The molecule has 1 heterocycles. The van der Waals surface area contributed by atoms with Crippen LogP contribution in [0.2, 0.25) is 0 Å². The monoisotopic (exact) mass is 297 g/mol. The van der Waals surface area contributed by atoms with Crippen LogP contribution in [0.15, 0.2) is 22.7 Å². The molecule has 1 aromatic carbocycles. The number of nitrogens with zero attached hydrogens (tertiary/aromatic N) is 1. The maximum absolute atomic E-state index is 11.9. The molecule has 90 valence electrons. The highest BCUT2D eigenvalue weighted by atomic mass is 79.9. The summed E-state index contributed by atoms with van der Waals surface area (Å²) >= 11 is 3.40. The summed E-state index contributed by atoms with van der Waals surface area (Å²) in [6.07, 6.45) is 0.370. The van der Waals surface area contributed by atoms with E-state index >= 15 is 0 Å². The highest BCUT2D eigenvalue weighted by Crippen LogP contribution is 2.32. The van der Waals surface area contributed by atoms with Gasteiger partial charge in [0.2, 0.25) is 5.91 Å². The second kappa shape index (κ2) is 4.49.